The van der Waals surface area contributed by atoms with Crippen LogP contribution in [0.5, 0.6) is 0 Å². The van der Waals surface area contributed by atoms with Gasteiger partial charge in [-0.3, -0.25) is 9.59 Å². The quantitative estimate of drug-likeness (QED) is 0.817. The molecule has 1 aromatic rings. The third kappa shape index (κ3) is 2.66. The lowest BCUT2D eigenvalue weighted by molar-refractivity contribution is -0.147. The Hall–Kier alpha value is -1.92. The van der Waals surface area contributed by atoms with Gasteiger partial charge in [-0.1, -0.05) is 5.21 Å². The van der Waals surface area contributed by atoms with Crippen molar-refractivity contribution in [3.05, 3.63) is 12.4 Å². The van der Waals surface area contributed by atoms with Crippen molar-refractivity contribution in [2.75, 3.05) is 6.54 Å². The van der Waals surface area contributed by atoms with Gasteiger partial charge in [0.1, 0.15) is 6.54 Å². The van der Waals surface area contributed by atoms with E-state index in [9.17, 15) is 9.59 Å². The second kappa shape index (κ2) is 5.16. The van der Waals surface area contributed by atoms with Gasteiger partial charge in [-0.2, -0.15) is 0 Å². The van der Waals surface area contributed by atoms with Gasteiger partial charge < -0.3 is 10.0 Å². The Labute approximate surface area is 104 Å². The number of hydrogen-bond acceptors (Lipinski definition) is 4. The zero-order valence-electron chi connectivity index (χ0n) is 10.2. The minimum Gasteiger partial charge on any atom is -0.481 e. The molecule has 7 nitrogen and oxygen atoms in total. The Kier molecular flexibility index (Phi) is 3.59. The minimum absolute atomic E-state index is 0.0446. The Balaban J connectivity index is 1.94. The topological polar surface area (TPSA) is 88.3 Å². The molecule has 18 heavy (non-hydrogen) atoms. The van der Waals surface area contributed by atoms with Crippen molar-refractivity contribution in [1.29, 1.82) is 0 Å². The lowest BCUT2D eigenvalue weighted by Gasteiger charge is -2.36. The molecule has 2 rings (SSSR count). The summed E-state index contributed by atoms with van der Waals surface area (Å²) < 4.78 is 1.47. The maximum absolute atomic E-state index is 12.0. The fraction of sp³-hybridized carbons (Fsp3) is 0.636. The highest BCUT2D eigenvalue weighted by molar-refractivity contribution is 5.77. The highest BCUT2D eigenvalue weighted by Crippen LogP contribution is 2.23. The normalized spacial score (nSPS) is 23.9. The molecule has 1 fully saturated rings. The lowest BCUT2D eigenvalue weighted by atomic mass is 9.92. The van der Waals surface area contributed by atoms with E-state index in [1.165, 1.54) is 10.9 Å². The van der Waals surface area contributed by atoms with Crippen LogP contribution in [0.3, 0.4) is 0 Å². The van der Waals surface area contributed by atoms with Crippen LogP contribution in [0.15, 0.2) is 12.4 Å². The number of likely N-dealkylation sites (tertiary alicyclic amines) is 1. The second-order valence-corrected chi connectivity index (χ2v) is 4.60. The molecule has 0 saturated carbocycles. The van der Waals surface area contributed by atoms with E-state index in [1.807, 2.05) is 6.92 Å². The van der Waals surface area contributed by atoms with E-state index < -0.39 is 5.97 Å². The first-order valence-electron chi connectivity index (χ1n) is 5.94. The molecule has 0 aliphatic carbocycles. The largest absolute Gasteiger partial charge is 0.481 e. The van der Waals surface area contributed by atoms with Gasteiger partial charge in [-0.25, -0.2) is 4.68 Å². The SMILES string of the molecule is CC1CC(C(=O)O)CCN1C(=O)Cn1ccnn1. The highest BCUT2D eigenvalue weighted by Gasteiger charge is 2.32. The van der Waals surface area contributed by atoms with Crippen LogP contribution in [-0.2, 0) is 16.1 Å². The van der Waals surface area contributed by atoms with Crippen molar-refractivity contribution in [2.45, 2.75) is 32.4 Å². The molecule has 98 valence electrons. The number of nitrogens with zero attached hydrogens (tertiary/aromatic N) is 4. The van der Waals surface area contributed by atoms with Crippen LogP contribution in [0.1, 0.15) is 19.8 Å². The van der Waals surface area contributed by atoms with Gasteiger partial charge in [0.05, 0.1) is 12.1 Å². The van der Waals surface area contributed by atoms with Gasteiger partial charge in [0.2, 0.25) is 5.91 Å². The monoisotopic (exact) mass is 252 g/mol. The summed E-state index contributed by atoms with van der Waals surface area (Å²) in [5.74, 6) is -1.16. The van der Waals surface area contributed by atoms with E-state index in [-0.39, 0.29) is 24.4 Å². The van der Waals surface area contributed by atoms with Crippen molar-refractivity contribution in [3.63, 3.8) is 0 Å². The van der Waals surface area contributed by atoms with E-state index in [4.69, 9.17) is 5.11 Å². The molecular formula is C11H16N4O3. The molecule has 1 aliphatic heterocycles. The van der Waals surface area contributed by atoms with Gasteiger partial charge in [0, 0.05) is 18.8 Å². The van der Waals surface area contributed by atoms with Gasteiger partial charge in [-0.05, 0) is 19.8 Å². The third-order valence-corrected chi connectivity index (χ3v) is 3.31. The van der Waals surface area contributed by atoms with Crippen LogP contribution in [0.2, 0.25) is 0 Å². The van der Waals surface area contributed by atoms with Crippen LogP contribution >= 0.6 is 0 Å². The maximum Gasteiger partial charge on any atom is 0.306 e. The molecule has 1 aromatic heterocycles. The van der Waals surface area contributed by atoms with Gasteiger partial charge in [0.15, 0.2) is 0 Å². The number of piperidine rings is 1. The molecule has 1 aliphatic rings. The predicted molar refractivity (Wildman–Crippen MR) is 61.6 cm³/mol. The molecular weight excluding hydrogens is 236 g/mol. The van der Waals surface area contributed by atoms with E-state index >= 15 is 0 Å². The Bertz CT molecular complexity index is 432. The lowest BCUT2D eigenvalue weighted by Crippen LogP contribution is -2.47. The molecule has 0 spiro atoms. The van der Waals surface area contributed by atoms with Crippen molar-refractivity contribution in [2.24, 2.45) is 5.92 Å². The fourth-order valence-corrected chi connectivity index (χ4v) is 2.31. The summed E-state index contributed by atoms with van der Waals surface area (Å²) in [4.78, 5) is 24.7. The minimum atomic E-state index is -0.773. The summed E-state index contributed by atoms with van der Waals surface area (Å²) in [5, 5.41) is 16.3. The molecule has 1 saturated heterocycles. The van der Waals surface area contributed by atoms with Crippen LogP contribution in [0.25, 0.3) is 0 Å². The molecule has 0 aromatic carbocycles. The van der Waals surface area contributed by atoms with Crippen LogP contribution in [0, 0.1) is 5.92 Å². The van der Waals surface area contributed by atoms with Crippen molar-refractivity contribution in [1.82, 2.24) is 19.9 Å². The summed E-state index contributed by atoms with van der Waals surface area (Å²) in [6.45, 7) is 2.53. The van der Waals surface area contributed by atoms with Crippen LogP contribution in [-0.4, -0.2) is 49.5 Å². The first-order chi connectivity index (χ1) is 8.58. The number of amides is 1. The summed E-state index contributed by atoms with van der Waals surface area (Å²) >= 11 is 0. The molecule has 2 atom stereocenters. The van der Waals surface area contributed by atoms with Gasteiger partial charge in [-0.15, -0.1) is 5.10 Å². The Morgan fingerprint density at radius 2 is 2.28 bits per heavy atom. The molecule has 0 bridgehead atoms. The molecule has 2 heterocycles. The highest BCUT2D eigenvalue weighted by atomic mass is 16.4. The molecule has 1 N–H and O–H groups in total. The molecule has 1 amide bonds. The number of carbonyl (C=O) groups excluding carboxylic acids is 1. The number of hydrogen-bond donors (Lipinski definition) is 1. The first kappa shape index (κ1) is 12.5. The number of rotatable bonds is 3. The van der Waals surface area contributed by atoms with E-state index in [1.54, 1.807) is 11.1 Å². The molecule has 7 heteroatoms. The van der Waals surface area contributed by atoms with Crippen molar-refractivity contribution in [3.8, 4) is 0 Å². The summed E-state index contributed by atoms with van der Waals surface area (Å²) in [7, 11) is 0. The zero-order valence-corrected chi connectivity index (χ0v) is 10.2. The summed E-state index contributed by atoms with van der Waals surface area (Å²) in [6.07, 6.45) is 4.18. The summed E-state index contributed by atoms with van der Waals surface area (Å²) in [5.41, 5.74) is 0. The van der Waals surface area contributed by atoms with Crippen LogP contribution < -0.4 is 0 Å². The number of aromatic nitrogens is 3. The van der Waals surface area contributed by atoms with Crippen molar-refractivity contribution >= 4 is 11.9 Å². The standard InChI is InChI=1S/C11H16N4O3/c1-8-6-9(11(17)18)2-4-15(8)10(16)7-14-5-3-12-13-14/h3,5,8-9H,2,4,6-7H2,1H3,(H,17,18). The van der Waals surface area contributed by atoms with E-state index in [0.717, 1.165) is 0 Å². The van der Waals surface area contributed by atoms with E-state index in [0.29, 0.717) is 19.4 Å². The number of aliphatic carboxylic acids is 1. The smallest absolute Gasteiger partial charge is 0.306 e. The Morgan fingerprint density at radius 1 is 1.50 bits per heavy atom. The Morgan fingerprint density at radius 3 is 2.83 bits per heavy atom. The van der Waals surface area contributed by atoms with Gasteiger partial charge in [0.25, 0.3) is 0 Å². The maximum atomic E-state index is 12.0. The predicted octanol–water partition coefficient (Wildman–Crippen LogP) is -0.0102. The average molecular weight is 252 g/mol. The number of carboxylic acid groups (broad SMARTS) is 1. The average Bonchev–Trinajstić information content (AvgIpc) is 2.81. The molecule has 2 unspecified atom stereocenters. The summed E-state index contributed by atoms with van der Waals surface area (Å²) in [6, 6.07) is -0.0455. The fourth-order valence-electron chi connectivity index (χ4n) is 2.31. The number of carboxylic acids is 1. The van der Waals surface area contributed by atoms with E-state index in [2.05, 4.69) is 10.3 Å². The third-order valence-electron chi connectivity index (χ3n) is 3.31. The number of carbonyl (C=O) groups is 2. The van der Waals surface area contributed by atoms with Gasteiger partial charge >= 0.3 is 5.97 Å². The second-order valence-electron chi connectivity index (χ2n) is 4.60. The zero-order chi connectivity index (χ0) is 13.1. The first-order valence-corrected chi connectivity index (χ1v) is 5.94. The molecule has 0 radical (unpaired) electrons. The van der Waals surface area contributed by atoms with Crippen molar-refractivity contribution < 1.29 is 14.7 Å². The van der Waals surface area contributed by atoms with Crippen LogP contribution in [0.4, 0.5) is 0 Å².